The van der Waals surface area contributed by atoms with Gasteiger partial charge in [0.1, 0.15) is 0 Å². The maximum atomic E-state index is 12.0. The number of amides is 1. The molecule has 0 saturated heterocycles. The van der Waals surface area contributed by atoms with Gasteiger partial charge in [-0.25, -0.2) is 4.98 Å². The number of anilines is 1. The van der Waals surface area contributed by atoms with E-state index in [-0.39, 0.29) is 22.3 Å². The molecule has 0 radical (unpaired) electrons. The maximum absolute atomic E-state index is 12.0. The highest BCUT2D eigenvalue weighted by Crippen LogP contribution is 2.20. The SMILES string of the molecule is COC(=O)Cc1csc(NC(=O)c2cc(Cl)nnc2Cl)n1. The van der Waals surface area contributed by atoms with Gasteiger partial charge in [-0.05, 0) is 6.07 Å². The van der Waals surface area contributed by atoms with E-state index in [1.165, 1.54) is 24.5 Å². The Kier molecular flexibility index (Phi) is 5.05. The van der Waals surface area contributed by atoms with Crippen molar-refractivity contribution in [2.75, 3.05) is 12.4 Å². The number of thiazole rings is 1. The Hall–Kier alpha value is -1.77. The summed E-state index contributed by atoms with van der Waals surface area (Å²) < 4.78 is 4.53. The number of methoxy groups -OCH3 is 1. The van der Waals surface area contributed by atoms with Crippen molar-refractivity contribution in [2.45, 2.75) is 6.42 Å². The second kappa shape index (κ2) is 6.79. The highest BCUT2D eigenvalue weighted by atomic mass is 35.5. The summed E-state index contributed by atoms with van der Waals surface area (Å²) in [6.45, 7) is 0. The molecular formula is C11H8Cl2N4O3S. The number of ether oxygens (including phenoxy) is 1. The Morgan fingerprint density at radius 2 is 2.14 bits per heavy atom. The summed E-state index contributed by atoms with van der Waals surface area (Å²) in [5.74, 6) is -0.929. The molecule has 2 rings (SSSR count). The number of aromatic nitrogens is 3. The standard InChI is InChI=1S/C11H8Cl2N4O3S/c1-20-8(18)2-5-4-21-11(14-5)15-10(19)6-3-7(12)16-17-9(6)13/h3-4H,2H2,1H3,(H,14,15,19). The molecule has 0 aliphatic carbocycles. The predicted molar refractivity (Wildman–Crippen MR) is 77.8 cm³/mol. The minimum atomic E-state index is -0.518. The number of esters is 1. The fourth-order valence-electron chi connectivity index (χ4n) is 1.34. The molecule has 0 aromatic carbocycles. The van der Waals surface area contributed by atoms with Crippen molar-refractivity contribution in [1.82, 2.24) is 15.2 Å². The third-order valence-corrected chi connectivity index (χ3v) is 3.56. The van der Waals surface area contributed by atoms with Crippen LogP contribution in [-0.4, -0.2) is 34.2 Å². The zero-order chi connectivity index (χ0) is 15.4. The predicted octanol–water partition coefficient (Wildman–Crippen LogP) is 2.21. The minimum absolute atomic E-state index is 0.0340. The minimum Gasteiger partial charge on any atom is -0.469 e. The van der Waals surface area contributed by atoms with Crippen LogP contribution in [0.4, 0.5) is 5.13 Å². The molecule has 10 heteroatoms. The van der Waals surface area contributed by atoms with E-state index in [4.69, 9.17) is 23.2 Å². The van der Waals surface area contributed by atoms with Gasteiger partial charge in [0.25, 0.3) is 5.91 Å². The van der Waals surface area contributed by atoms with Crippen molar-refractivity contribution in [3.63, 3.8) is 0 Å². The third kappa shape index (κ3) is 4.10. The number of hydrogen-bond acceptors (Lipinski definition) is 7. The van der Waals surface area contributed by atoms with Gasteiger partial charge >= 0.3 is 5.97 Å². The summed E-state index contributed by atoms with van der Waals surface area (Å²) in [4.78, 5) is 27.2. The lowest BCUT2D eigenvalue weighted by atomic mass is 10.3. The average Bonchev–Trinajstić information content (AvgIpc) is 2.88. The topological polar surface area (TPSA) is 94.1 Å². The summed E-state index contributed by atoms with van der Waals surface area (Å²) >= 11 is 12.6. The Labute approximate surface area is 133 Å². The van der Waals surface area contributed by atoms with Crippen LogP contribution >= 0.6 is 34.5 Å². The van der Waals surface area contributed by atoms with Crippen LogP contribution in [0.15, 0.2) is 11.4 Å². The Morgan fingerprint density at radius 3 is 2.86 bits per heavy atom. The quantitative estimate of drug-likeness (QED) is 0.853. The summed E-state index contributed by atoms with van der Waals surface area (Å²) in [6.07, 6.45) is 0.0340. The van der Waals surface area contributed by atoms with Crippen LogP contribution in [0.5, 0.6) is 0 Å². The van der Waals surface area contributed by atoms with E-state index >= 15 is 0 Å². The van der Waals surface area contributed by atoms with Crippen molar-refractivity contribution in [1.29, 1.82) is 0 Å². The average molecular weight is 347 g/mol. The fourth-order valence-corrected chi connectivity index (χ4v) is 2.37. The van der Waals surface area contributed by atoms with Crippen LogP contribution in [0.25, 0.3) is 0 Å². The summed E-state index contributed by atoms with van der Waals surface area (Å²) in [5.41, 5.74) is 0.584. The smallest absolute Gasteiger partial charge is 0.311 e. The molecule has 0 unspecified atom stereocenters. The Bertz CT molecular complexity index is 692. The number of rotatable bonds is 4. The van der Waals surface area contributed by atoms with E-state index in [0.29, 0.717) is 10.8 Å². The van der Waals surface area contributed by atoms with Gasteiger partial charge in [0, 0.05) is 5.38 Å². The van der Waals surface area contributed by atoms with E-state index in [1.807, 2.05) is 0 Å². The largest absolute Gasteiger partial charge is 0.469 e. The van der Waals surface area contributed by atoms with Crippen LogP contribution in [0.1, 0.15) is 16.1 Å². The number of carbonyl (C=O) groups excluding carboxylic acids is 2. The lowest BCUT2D eigenvalue weighted by Gasteiger charge is -2.03. The Balaban J connectivity index is 2.09. The molecule has 0 bridgehead atoms. The van der Waals surface area contributed by atoms with Crippen molar-refractivity contribution in [3.8, 4) is 0 Å². The van der Waals surface area contributed by atoms with Crippen molar-refractivity contribution in [2.24, 2.45) is 0 Å². The second-order valence-corrected chi connectivity index (χ2v) is 5.33. The molecule has 7 nitrogen and oxygen atoms in total. The highest BCUT2D eigenvalue weighted by molar-refractivity contribution is 7.14. The van der Waals surface area contributed by atoms with E-state index < -0.39 is 11.9 Å². The first-order valence-electron chi connectivity index (χ1n) is 5.51. The highest BCUT2D eigenvalue weighted by Gasteiger charge is 2.15. The molecule has 110 valence electrons. The van der Waals surface area contributed by atoms with Gasteiger partial charge in [-0.2, -0.15) is 0 Å². The van der Waals surface area contributed by atoms with E-state index in [0.717, 1.165) is 0 Å². The van der Waals surface area contributed by atoms with Gasteiger partial charge in [0.2, 0.25) is 0 Å². The lowest BCUT2D eigenvalue weighted by molar-refractivity contribution is -0.139. The van der Waals surface area contributed by atoms with Crippen LogP contribution in [0.3, 0.4) is 0 Å². The van der Waals surface area contributed by atoms with Crippen LogP contribution in [0, 0.1) is 0 Å². The van der Waals surface area contributed by atoms with Crippen LogP contribution in [0.2, 0.25) is 10.3 Å². The van der Waals surface area contributed by atoms with E-state index in [9.17, 15) is 9.59 Å². The van der Waals surface area contributed by atoms with Gasteiger partial charge in [-0.3, -0.25) is 14.9 Å². The monoisotopic (exact) mass is 346 g/mol. The first-order chi connectivity index (χ1) is 9.99. The number of halogens is 2. The van der Waals surface area contributed by atoms with Gasteiger partial charge < -0.3 is 4.74 Å². The van der Waals surface area contributed by atoms with Gasteiger partial charge in [-0.15, -0.1) is 21.5 Å². The van der Waals surface area contributed by atoms with Crippen molar-refractivity contribution < 1.29 is 14.3 Å². The van der Waals surface area contributed by atoms with Crippen molar-refractivity contribution in [3.05, 3.63) is 33.0 Å². The van der Waals surface area contributed by atoms with Crippen LogP contribution in [-0.2, 0) is 16.0 Å². The summed E-state index contributed by atoms with van der Waals surface area (Å²) in [7, 11) is 1.29. The number of hydrogen-bond donors (Lipinski definition) is 1. The molecule has 2 aromatic heterocycles. The van der Waals surface area contributed by atoms with Crippen LogP contribution < -0.4 is 5.32 Å². The van der Waals surface area contributed by atoms with Gasteiger partial charge in [0.05, 0.1) is 24.8 Å². The second-order valence-electron chi connectivity index (χ2n) is 3.72. The molecule has 0 aliphatic heterocycles. The number of carbonyl (C=O) groups is 2. The van der Waals surface area contributed by atoms with Crippen molar-refractivity contribution >= 4 is 51.5 Å². The molecule has 1 N–H and O–H groups in total. The maximum Gasteiger partial charge on any atom is 0.311 e. The lowest BCUT2D eigenvalue weighted by Crippen LogP contribution is -2.13. The molecule has 1 amide bonds. The first-order valence-corrected chi connectivity index (χ1v) is 7.14. The molecule has 0 fully saturated rings. The fraction of sp³-hybridized carbons (Fsp3) is 0.182. The molecule has 2 heterocycles. The molecule has 0 saturated carbocycles. The molecule has 0 aliphatic rings. The zero-order valence-electron chi connectivity index (χ0n) is 10.6. The molecule has 21 heavy (non-hydrogen) atoms. The zero-order valence-corrected chi connectivity index (χ0v) is 12.9. The summed E-state index contributed by atoms with van der Waals surface area (Å²) in [5, 5.41) is 11.6. The third-order valence-electron chi connectivity index (χ3n) is 2.29. The number of nitrogens with zero attached hydrogens (tertiary/aromatic N) is 3. The van der Waals surface area contributed by atoms with E-state index in [2.05, 4.69) is 25.2 Å². The van der Waals surface area contributed by atoms with E-state index in [1.54, 1.807) is 5.38 Å². The number of nitrogens with one attached hydrogen (secondary N) is 1. The first kappa shape index (κ1) is 15.6. The molecule has 0 atom stereocenters. The molecular weight excluding hydrogens is 339 g/mol. The summed E-state index contributed by atoms with van der Waals surface area (Å²) in [6, 6.07) is 1.30. The molecule has 0 spiro atoms. The van der Waals surface area contributed by atoms with Gasteiger partial charge in [-0.1, -0.05) is 23.2 Å². The molecule has 2 aromatic rings. The Morgan fingerprint density at radius 1 is 1.38 bits per heavy atom. The normalized spacial score (nSPS) is 10.2. The van der Waals surface area contributed by atoms with Gasteiger partial charge in [0.15, 0.2) is 15.4 Å².